The molecule has 7 heteroatoms. The van der Waals surface area contributed by atoms with Crippen LogP contribution in [0.15, 0.2) is 28.7 Å². The molecule has 26 heavy (non-hydrogen) atoms. The number of piperazine rings is 1. The molecule has 1 aromatic rings. The Bertz CT molecular complexity index is 694. The Balaban J connectivity index is 1.56. The number of carbonyl (C=O) groups excluding carboxylic acids is 2. The number of anilines is 1. The summed E-state index contributed by atoms with van der Waals surface area (Å²) in [5.74, 6) is -0.289. The fourth-order valence-electron chi connectivity index (χ4n) is 3.82. The van der Waals surface area contributed by atoms with E-state index in [2.05, 4.69) is 39.9 Å². The Kier molecular flexibility index (Phi) is 5.58. The van der Waals surface area contributed by atoms with Crippen LogP contribution in [0, 0.1) is 5.92 Å². The highest BCUT2D eigenvalue weighted by Crippen LogP contribution is 2.40. The van der Waals surface area contributed by atoms with Gasteiger partial charge < -0.3 is 21.3 Å². The molecule has 1 aromatic carbocycles. The molecule has 0 bridgehead atoms. The molecule has 1 aliphatic carbocycles. The maximum absolute atomic E-state index is 12.6. The third-order valence-corrected chi connectivity index (χ3v) is 6.13. The summed E-state index contributed by atoms with van der Waals surface area (Å²) in [6.45, 7) is 4.26. The number of amides is 2. The van der Waals surface area contributed by atoms with Crippen molar-refractivity contribution < 1.29 is 9.59 Å². The molecule has 1 saturated carbocycles. The number of rotatable bonds is 6. The van der Waals surface area contributed by atoms with E-state index in [9.17, 15) is 9.59 Å². The van der Waals surface area contributed by atoms with Gasteiger partial charge in [0.1, 0.15) is 0 Å². The van der Waals surface area contributed by atoms with E-state index >= 15 is 0 Å². The molecule has 142 valence electrons. The highest BCUT2D eigenvalue weighted by Gasteiger charge is 2.46. The van der Waals surface area contributed by atoms with Gasteiger partial charge in [0, 0.05) is 42.3 Å². The highest BCUT2D eigenvalue weighted by atomic mass is 79.9. The van der Waals surface area contributed by atoms with Crippen LogP contribution in [0.2, 0.25) is 0 Å². The molecule has 2 fully saturated rings. The quantitative estimate of drug-likeness (QED) is 0.731. The molecule has 0 spiro atoms. The molecule has 1 aliphatic heterocycles. The van der Waals surface area contributed by atoms with Crippen molar-refractivity contribution in [3.63, 3.8) is 0 Å². The fourth-order valence-corrected chi connectivity index (χ4v) is 4.21. The predicted octanol–water partition coefficient (Wildman–Crippen LogP) is 1.86. The van der Waals surface area contributed by atoms with E-state index in [1.165, 1.54) is 0 Å². The van der Waals surface area contributed by atoms with Crippen LogP contribution < -0.4 is 16.4 Å². The number of hydrogen-bond acceptors (Lipinski definition) is 4. The number of hydrogen-bond donors (Lipinski definition) is 2. The SMILES string of the molecule is C[C@H]1CN(C(=O)CCC(N)(C(N)=O)C2CC2)CCN1c1cccc(Br)c1. The molecular weight excluding hydrogens is 396 g/mol. The van der Waals surface area contributed by atoms with Crippen LogP contribution in [0.3, 0.4) is 0 Å². The van der Waals surface area contributed by atoms with Crippen molar-refractivity contribution in [3.8, 4) is 0 Å². The first kappa shape index (κ1) is 19.2. The van der Waals surface area contributed by atoms with Crippen molar-refractivity contribution in [2.45, 2.75) is 44.2 Å². The van der Waals surface area contributed by atoms with Gasteiger partial charge in [-0.05, 0) is 50.3 Å². The van der Waals surface area contributed by atoms with Gasteiger partial charge in [0.2, 0.25) is 11.8 Å². The van der Waals surface area contributed by atoms with E-state index in [-0.39, 0.29) is 24.3 Å². The monoisotopic (exact) mass is 422 g/mol. The van der Waals surface area contributed by atoms with Gasteiger partial charge in [-0.2, -0.15) is 0 Å². The van der Waals surface area contributed by atoms with Crippen LogP contribution in [0.25, 0.3) is 0 Å². The molecule has 4 N–H and O–H groups in total. The molecule has 0 radical (unpaired) electrons. The summed E-state index contributed by atoms with van der Waals surface area (Å²) >= 11 is 3.51. The lowest BCUT2D eigenvalue weighted by molar-refractivity contribution is -0.133. The Morgan fingerprint density at radius 2 is 2.04 bits per heavy atom. The van der Waals surface area contributed by atoms with Crippen LogP contribution in [0.5, 0.6) is 0 Å². The van der Waals surface area contributed by atoms with Gasteiger partial charge in [0.05, 0.1) is 5.54 Å². The second kappa shape index (κ2) is 7.56. The van der Waals surface area contributed by atoms with E-state index < -0.39 is 11.4 Å². The lowest BCUT2D eigenvalue weighted by Crippen LogP contribution is -2.56. The van der Waals surface area contributed by atoms with Gasteiger partial charge in [-0.1, -0.05) is 22.0 Å². The van der Waals surface area contributed by atoms with Gasteiger partial charge in [-0.15, -0.1) is 0 Å². The lowest BCUT2D eigenvalue weighted by atomic mass is 9.88. The molecule has 1 unspecified atom stereocenters. The number of benzene rings is 1. The summed E-state index contributed by atoms with van der Waals surface area (Å²) in [6.07, 6.45) is 2.47. The first-order valence-corrected chi connectivity index (χ1v) is 9.99. The number of carbonyl (C=O) groups is 2. The standard InChI is InChI=1S/C19H27BrN4O2/c1-13-12-23(9-10-24(13)16-4-2-3-15(20)11-16)17(25)7-8-19(22,18(21)26)14-5-6-14/h2-4,11,13-14H,5-10,12,22H2,1H3,(H2,21,26)/t13-,19?/m0/s1. The zero-order chi connectivity index (χ0) is 18.9. The smallest absolute Gasteiger partial charge is 0.237 e. The summed E-state index contributed by atoms with van der Waals surface area (Å²) < 4.78 is 1.05. The first-order valence-electron chi connectivity index (χ1n) is 9.20. The van der Waals surface area contributed by atoms with Crippen LogP contribution in [0.4, 0.5) is 5.69 Å². The van der Waals surface area contributed by atoms with Crippen LogP contribution in [0.1, 0.15) is 32.6 Å². The predicted molar refractivity (Wildman–Crippen MR) is 106 cm³/mol. The zero-order valence-corrected chi connectivity index (χ0v) is 16.7. The summed E-state index contributed by atoms with van der Waals surface area (Å²) in [7, 11) is 0. The summed E-state index contributed by atoms with van der Waals surface area (Å²) in [5, 5.41) is 0. The average Bonchev–Trinajstić information content (AvgIpc) is 3.44. The number of primary amides is 1. The van der Waals surface area contributed by atoms with Gasteiger partial charge in [0.25, 0.3) is 0 Å². The van der Waals surface area contributed by atoms with Crippen molar-refractivity contribution >= 4 is 33.4 Å². The first-order chi connectivity index (χ1) is 12.3. The minimum Gasteiger partial charge on any atom is -0.368 e. The summed E-state index contributed by atoms with van der Waals surface area (Å²) in [5.41, 5.74) is 11.8. The van der Waals surface area contributed by atoms with Crippen molar-refractivity contribution in [1.82, 2.24) is 4.90 Å². The van der Waals surface area contributed by atoms with Crippen molar-refractivity contribution in [1.29, 1.82) is 0 Å². The van der Waals surface area contributed by atoms with Gasteiger partial charge >= 0.3 is 0 Å². The van der Waals surface area contributed by atoms with E-state index in [1.54, 1.807) is 0 Å². The highest BCUT2D eigenvalue weighted by molar-refractivity contribution is 9.10. The maximum Gasteiger partial charge on any atom is 0.237 e. The molecule has 2 amide bonds. The number of nitrogens with zero attached hydrogens (tertiary/aromatic N) is 2. The van der Waals surface area contributed by atoms with E-state index in [0.717, 1.165) is 29.5 Å². The molecular formula is C19H27BrN4O2. The Morgan fingerprint density at radius 3 is 2.62 bits per heavy atom. The van der Waals surface area contributed by atoms with Crippen molar-refractivity contribution in [2.75, 3.05) is 24.5 Å². The van der Waals surface area contributed by atoms with Crippen LogP contribution in [-0.4, -0.2) is 47.9 Å². The van der Waals surface area contributed by atoms with Crippen molar-refractivity contribution in [3.05, 3.63) is 28.7 Å². The molecule has 3 rings (SSSR count). The van der Waals surface area contributed by atoms with Gasteiger partial charge in [-0.3, -0.25) is 9.59 Å². The second-order valence-corrected chi connectivity index (χ2v) is 8.46. The third-order valence-electron chi connectivity index (χ3n) is 5.64. The Labute approximate surface area is 163 Å². The zero-order valence-electron chi connectivity index (χ0n) is 15.2. The van der Waals surface area contributed by atoms with E-state index in [0.29, 0.717) is 19.5 Å². The topological polar surface area (TPSA) is 92.7 Å². The third kappa shape index (κ3) is 4.04. The molecule has 2 aliphatic rings. The molecule has 1 heterocycles. The van der Waals surface area contributed by atoms with Crippen LogP contribution >= 0.6 is 15.9 Å². The van der Waals surface area contributed by atoms with Gasteiger partial charge in [0.15, 0.2) is 0 Å². The normalized spacial score (nSPS) is 22.8. The van der Waals surface area contributed by atoms with E-state index in [4.69, 9.17) is 11.5 Å². The minimum absolute atomic E-state index is 0.0578. The molecule has 6 nitrogen and oxygen atoms in total. The average molecular weight is 423 g/mol. The summed E-state index contributed by atoms with van der Waals surface area (Å²) in [4.78, 5) is 28.6. The molecule has 2 atom stereocenters. The van der Waals surface area contributed by atoms with Crippen molar-refractivity contribution in [2.24, 2.45) is 17.4 Å². The minimum atomic E-state index is -1.03. The molecule has 0 aromatic heterocycles. The summed E-state index contributed by atoms with van der Waals surface area (Å²) in [6, 6.07) is 8.44. The Morgan fingerprint density at radius 1 is 1.31 bits per heavy atom. The molecule has 1 saturated heterocycles. The van der Waals surface area contributed by atoms with Gasteiger partial charge in [-0.25, -0.2) is 0 Å². The Hall–Kier alpha value is -1.60. The van der Waals surface area contributed by atoms with Crippen LogP contribution in [-0.2, 0) is 9.59 Å². The maximum atomic E-state index is 12.6. The number of nitrogens with two attached hydrogens (primary N) is 2. The fraction of sp³-hybridized carbons (Fsp3) is 0.579. The lowest BCUT2D eigenvalue weighted by Gasteiger charge is -2.41. The number of halogens is 1. The second-order valence-electron chi connectivity index (χ2n) is 7.54. The largest absolute Gasteiger partial charge is 0.368 e. The van der Waals surface area contributed by atoms with E-state index in [1.807, 2.05) is 17.0 Å².